The molecule has 0 aliphatic rings. The molecule has 2 aromatic rings. The summed E-state index contributed by atoms with van der Waals surface area (Å²) in [6.07, 6.45) is 0.546. The number of aryl methyl sites for hydroxylation is 1. The largest absolute Gasteiger partial charge is 0.207 e. The summed E-state index contributed by atoms with van der Waals surface area (Å²) in [5.74, 6) is -0.554. The van der Waals surface area contributed by atoms with E-state index < -0.39 is 0 Å². The standard InChI is InChI=1S/C15H13ClF2/c1-10-6-12(9-14(18)7-10)15(16)8-11-2-4-13(17)5-3-11/h2-7,9,15H,8H2,1H3. The monoisotopic (exact) mass is 266 g/mol. The average Bonchev–Trinajstić information content (AvgIpc) is 2.31. The molecule has 0 radical (unpaired) electrons. The lowest BCUT2D eigenvalue weighted by Crippen LogP contribution is -1.97. The van der Waals surface area contributed by atoms with Crippen molar-refractivity contribution < 1.29 is 8.78 Å². The second-order valence-corrected chi connectivity index (χ2v) is 4.89. The first-order valence-electron chi connectivity index (χ1n) is 5.70. The molecule has 18 heavy (non-hydrogen) atoms. The van der Waals surface area contributed by atoms with E-state index in [1.165, 1.54) is 24.3 Å². The molecule has 0 amide bonds. The van der Waals surface area contributed by atoms with Gasteiger partial charge in [-0.05, 0) is 54.3 Å². The van der Waals surface area contributed by atoms with E-state index in [2.05, 4.69) is 0 Å². The Morgan fingerprint density at radius 3 is 2.28 bits per heavy atom. The smallest absolute Gasteiger partial charge is 0.123 e. The van der Waals surface area contributed by atoms with E-state index in [1.807, 2.05) is 13.0 Å². The molecular weight excluding hydrogens is 254 g/mol. The SMILES string of the molecule is Cc1cc(F)cc(C(Cl)Cc2ccc(F)cc2)c1. The van der Waals surface area contributed by atoms with E-state index in [1.54, 1.807) is 12.1 Å². The Kier molecular flexibility index (Phi) is 3.97. The van der Waals surface area contributed by atoms with Crippen LogP contribution in [0.5, 0.6) is 0 Å². The summed E-state index contributed by atoms with van der Waals surface area (Å²) in [4.78, 5) is 0. The van der Waals surface area contributed by atoms with Crippen LogP contribution in [0.4, 0.5) is 8.78 Å². The minimum Gasteiger partial charge on any atom is -0.207 e. The zero-order valence-corrected chi connectivity index (χ0v) is 10.7. The van der Waals surface area contributed by atoms with E-state index >= 15 is 0 Å². The Bertz CT molecular complexity index is 514. The number of rotatable bonds is 3. The van der Waals surface area contributed by atoms with Gasteiger partial charge in [0.25, 0.3) is 0 Å². The van der Waals surface area contributed by atoms with Crippen LogP contribution in [-0.4, -0.2) is 0 Å². The molecule has 0 saturated carbocycles. The molecule has 0 bridgehead atoms. The van der Waals surface area contributed by atoms with Crippen LogP contribution in [0.15, 0.2) is 42.5 Å². The first-order valence-corrected chi connectivity index (χ1v) is 6.14. The fourth-order valence-corrected chi connectivity index (χ4v) is 2.19. The Morgan fingerprint density at radius 1 is 1.00 bits per heavy atom. The Hall–Kier alpha value is -1.41. The van der Waals surface area contributed by atoms with Gasteiger partial charge in [0.1, 0.15) is 11.6 Å². The van der Waals surface area contributed by atoms with Crippen molar-refractivity contribution in [3.8, 4) is 0 Å². The van der Waals surface area contributed by atoms with Crippen molar-refractivity contribution in [1.29, 1.82) is 0 Å². The number of alkyl halides is 1. The summed E-state index contributed by atoms with van der Waals surface area (Å²) >= 11 is 6.26. The van der Waals surface area contributed by atoms with Crippen molar-refractivity contribution in [3.63, 3.8) is 0 Å². The lowest BCUT2D eigenvalue weighted by Gasteiger charge is -2.11. The molecule has 0 nitrogen and oxygen atoms in total. The first kappa shape index (κ1) is 13.0. The second-order valence-electron chi connectivity index (χ2n) is 4.36. The normalized spacial score (nSPS) is 12.4. The van der Waals surface area contributed by atoms with Gasteiger partial charge >= 0.3 is 0 Å². The highest BCUT2D eigenvalue weighted by Crippen LogP contribution is 2.26. The molecule has 0 fully saturated rings. The molecule has 0 aliphatic carbocycles. The molecule has 0 aromatic heterocycles. The molecule has 0 heterocycles. The number of halogens is 3. The molecular formula is C15H13ClF2. The molecule has 3 heteroatoms. The molecule has 0 saturated heterocycles. The Labute approximate surface area is 110 Å². The zero-order valence-electron chi connectivity index (χ0n) is 9.96. The lowest BCUT2D eigenvalue weighted by molar-refractivity contribution is 0.623. The summed E-state index contributed by atoms with van der Waals surface area (Å²) in [5.41, 5.74) is 2.52. The predicted octanol–water partition coefficient (Wildman–Crippen LogP) is 4.80. The Morgan fingerprint density at radius 2 is 1.67 bits per heavy atom. The molecule has 94 valence electrons. The van der Waals surface area contributed by atoms with Crippen molar-refractivity contribution in [1.82, 2.24) is 0 Å². The van der Waals surface area contributed by atoms with Gasteiger partial charge in [-0.3, -0.25) is 0 Å². The lowest BCUT2D eigenvalue weighted by atomic mass is 10.0. The third-order valence-corrected chi connectivity index (χ3v) is 3.16. The van der Waals surface area contributed by atoms with Crippen LogP contribution in [0, 0.1) is 18.6 Å². The molecule has 0 aliphatic heterocycles. The first-order chi connectivity index (χ1) is 8.54. The number of hydrogen-bond donors (Lipinski definition) is 0. The molecule has 0 spiro atoms. The summed E-state index contributed by atoms with van der Waals surface area (Å²) < 4.78 is 26.0. The topological polar surface area (TPSA) is 0 Å². The summed E-state index contributed by atoms with van der Waals surface area (Å²) in [6, 6.07) is 10.9. The molecule has 0 N–H and O–H groups in total. The van der Waals surface area contributed by atoms with Crippen molar-refractivity contribution in [3.05, 3.63) is 70.8 Å². The second kappa shape index (κ2) is 5.49. The van der Waals surface area contributed by atoms with Gasteiger partial charge in [0.2, 0.25) is 0 Å². The molecule has 1 unspecified atom stereocenters. The quantitative estimate of drug-likeness (QED) is 0.701. The van der Waals surface area contributed by atoms with Crippen molar-refractivity contribution >= 4 is 11.6 Å². The highest BCUT2D eigenvalue weighted by Gasteiger charge is 2.10. The molecule has 1 atom stereocenters. The fraction of sp³-hybridized carbons (Fsp3) is 0.200. The number of hydrogen-bond acceptors (Lipinski definition) is 0. The Balaban J connectivity index is 2.16. The summed E-state index contributed by atoms with van der Waals surface area (Å²) in [7, 11) is 0. The minimum atomic E-state index is -0.315. The van der Waals surface area contributed by atoms with Crippen LogP contribution in [0.3, 0.4) is 0 Å². The predicted molar refractivity (Wildman–Crippen MR) is 69.8 cm³/mol. The van der Waals surface area contributed by atoms with Gasteiger partial charge < -0.3 is 0 Å². The maximum Gasteiger partial charge on any atom is 0.123 e. The van der Waals surface area contributed by atoms with E-state index in [-0.39, 0.29) is 17.0 Å². The van der Waals surface area contributed by atoms with Crippen molar-refractivity contribution in [2.45, 2.75) is 18.7 Å². The van der Waals surface area contributed by atoms with Crippen LogP contribution < -0.4 is 0 Å². The van der Waals surface area contributed by atoms with Gasteiger partial charge in [0, 0.05) is 0 Å². The summed E-state index contributed by atoms with van der Waals surface area (Å²) in [5, 5.41) is -0.315. The number of benzene rings is 2. The fourth-order valence-electron chi connectivity index (χ4n) is 1.89. The molecule has 2 rings (SSSR count). The van der Waals surface area contributed by atoms with E-state index in [0.29, 0.717) is 6.42 Å². The van der Waals surface area contributed by atoms with E-state index in [4.69, 9.17) is 11.6 Å². The van der Waals surface area contributed by atoms with Gasteiger partial charge in [0.05, 0.1) is 5.38 Å². The van der Waals surface area contributed by atoms with Gasteiger partial charge in [-0.25, -0.2) is 8.78 Å². The van der Waals surface area contributed by atoms with Gasteiger partial charge in [-0.2, -0.15) is 0 Å². The van der Waals surface area contributed by atoms with Crippen LogP contribution >= 0.6 is 11.6 Å². The van der Waals surface area contributed by atoms with Gasteiger partial charge in [-0.1, -0.05) is 18.2 Å². The van der Waals surface area contributed by atoms with Crippen LogP contribution in [0.2, 0.25) is 0 Å². The summed E-state index contributed by atoms with van der Waals surface area (Å²) in [6.45, 7) is 1.83. The average molecular weight is 267 g/mol. The van der Waals surface area contributed by atoms with Crippen LogP contribution in [0.25, 0.3) is 0 Å². The van der Waals surface area contributed by atoms with E-state index in [0.717, 1.165) is 16.7 Å². The van der Waals surface area contributed by atoms with Crippen molar-refractivity contribution in [2.75, 3.05) is 0 Å². The van der Waals surface area contributed by atoms with Crippen molar-refractivity contribution in [2.24, 2.45) is 0 Å². The van der Waals surface area contributed by atoms with E-state index in [9.17, 15) is 8.78 Å². The van der Waals surface area contributed by atoms with Gasteiger partial charge in [0.15, 0.2) is 0 Å². The minimum absolute atomic E-state index is 0.272. The third-order valence-electron chi connectivity index (χ3n) is 2.75. The zero-order chi connectivity index (χ0) is 13.1. The maximum absolute atomic E-state index is 13.3. The maximum atomic E-state index is 13.3. The van der Waals surface area contributed by atoms with Gasteiger partial charge in [-0.15, -0.1) is 11.6 Å². The molecule has 2 aromatic carbocycles. The third kappa shape index (κ3) is 3.30. The highest BCUT2D eigenvalue weighted by molar-refractivity contribution is 6.20. The highest BCUT2D eigenvalue weighted by atomic mass is 35.5. The van der Waals surface area contributed by atoms with Crippen LogP contribution in [0.1, 0.15) is 22.1 Å². The van der Waals surface area contributed by atoms with Crippen LogP contribution in [-0.2, 0) is 6.42 Å².